The maximum atomic E-state index is 12.9. The predicted molar refractivity (Wildman–Crippen MR) is 107 cm³/mol. The van der Waals surface area contributed by atoms with E-state index in [1.807, 2.05) is 48.5 Å². The third-order valence-electron chi connectivity index (χ3n) is 5.66. The lowest BCUT2D eigenvalue weighted by molar-refractivity contribution is -0.139. The standard InChI is InChI=1S/C22H25N3O3/c26-20-9-5-4-8-18(20)23-12-14-24(15-13-23)19-16-21(27)25(22(19)28)11-10-17-6-2-1-3-7-17/h1-9,19,26H,10-16H2. The van der Waals surface area contributed by atoms with Crippen LogP contribution < -0.4 is 4.90 Å². The number of phenolic OH excluding ortho intramolecular Hbond substituents is 1. The number of hydrogen-bond acceptors (Lipinski definition) is 5. The molecule has 28 heavy (non-hydrogen) atoms. The van der Waals surface area contributed by atoms with E-state index in [-0.39, 0.29) is 30.0 Å². The smallest absolute Gasteiger partial charge is 0.247 e. The molecule has 1 N–H and O–H groups in total. The van der Waals surface area contributed by atoms with Crippen molar-refractivity contribution in [3.63, 3.8) is 0 Å². The SMILES string of the molecule is O=C1CC(N2CCN(c3ccccc3O)CC2)C(=O)N1CCc1ccccc1. The summed E-state index contributed by atoms with van der Waals surface area (Å²) in [6, 6.07) is 16.9. The summed E-state index contributed by atoms with van der Waals surface area (Å²) in [5.74, 6) is 0.126. The van der Waals surface area contributed by atoms with Crippen LogP contribution in [0, 0.1) is 0 Å². The number of phenols is 1. The monoisotopic (exact) mass is 379 g/mol. The van der Waals surface area contributed by atoms with Gasteiger partial charge >= 0.3 is 0 Å². The van der Waals surface area contributed by atoms with Crippen LogP contribution in [0.5, 0.6) is 5.75 Å². The summed E-state index contributed by atoms with van der Waals surface area (Å²) < 4.78 is 0. The minimum Gasteiger partial charge on any atom is -0.506 e. The van der Waals surface area contributed by atoms with E-state index in [2.05, 4.69) is 9.80 Å². The fourth-order valence-corrected chi connectivity index (χ4v) is 4.08. The number of benzene rings is 2. The number of para-hydroxylation sites is 2. The highest BCUT2D eigenvalue weighted by Crippen LogP contribution is 2.28. The van der Waals surface area contributed by atoms with Gasteiger partial charge < -0.3 is 10.0 Å². The fourth-order valence-electron chi connectivity index (χ4n) is 4.08. The second-order valence-electron chi connectivity index (χ2n) is 7.35. The molecule has 0 aliphatic carbocycles. The summed E-state index contributed by atoms with van der Waals surface area (Å²) in [5.41, 5.74) is 1.95. The quantitative estimate of drug-likeness (QED) is 0.804. The first-order valence-corrected chi connectivity index (χ1v) is 9.78. The Morgan fingerprint density at radius 2 is 1.57 bits per heavy atom. The molecule has 146 valence electrons. The second kappa shape index (κ2) is 8.02. The number of piperazine rings is 1. The van der Waals surface area contributed by atoms with Gasteiger partial charge in [0.1, 0.15) is 5.75 Å². The van der Waals surface area contributed by atoms with Gasteiger partial charge in [-0.3, -0.25) is 19.4 Å². The molecule has 0 radical (unpaired) electrons. The highest BCUT2D eigenvalue weighted by molar-refractivity contribution is 6.05. The van der Waals surface area contributed by atoms with Crippen molar-refractivity contribution in [3.8, 4) is 5.75 Å². The van der Waals surface area contributed by atoms with Gasteiger partial charge in [-0.25, -0.2) is 0 Å². The first kappa shape index (κ1) is 18.5. The van der Waals surface area contributed by atoms with Crippen molar-refractivity contribution in [1.29, 1.82) is 0 Å². The van der Waals surface area contributed by atoms with E-state index in [9.17, 15) is 14.7 Å². The number of hydrogen-bond donors (Lipinski definition) is 1. The predicted octanol–water partition coefficient (Wildman–Crippen LogP) is 1.88. The lowest BCUT2D eigenvalue weighted by atomic mass is 10.1. The third kappa shape index (κ3) is 3.73. The van der Waals surface area contributed by atoms with Gasteiger partial charge in [0.25, 0.3) is 0 Å². The maximum absolute atomic E-state index is 12.9. The number of aromatic hydroxyl groups is 1. The highest BCUT2D eigenvalue weighted by atomic mass is 16.3. The van der Waals surface area contributed by atoms with Crippen molar-refractivity contribution < 1.29 is 14.7 Å². The Balaban J connectivity index is 1.35. The van der Waals surface area contributed by atoms with Crippen molar-refractivity contribution in [2.75, 3.05) is 37.6 Å². The molecule has 2 heterocycles. The Morgan fingerprint density at radius 1 is 0.893 bits per heavy atom. The molecule has 2 aliphatic rings. The maximum Gasteiger partial charge on any atom is 0.247 e. The normalized spacial score (nSPS) is 20.8. The highest BCUT2D eigenvalue weighted by Gasteiger charge is 2.42. The van der Waals surface area contributed by atoms with Gasteiger partial charge in [-0.2, -0.15) is 0 Å². The summed E-state index contributed by atoms with van der Waals surface area (Å²) in [6.07, 6.45) is 0.955. The van der Waals surface area contributed by atoms with E-state index in [1.165, 1.54) is 4.90 Å². The Kier molecular flexibility index (Phi) is 5.30. The van der Waals surface area contributed by atoms with Crippen molar-refractivity contribution in [2.24, 2.45) is 0 Å². The number of amides is 2. The van der Waals surface area contributed by atoms with Crippen molar-refractivity contribution >= 4 is 17.5 Å². The lowest BCUT2D eigenvalue weighted by Crippen LogP contribution is -2.52. The molecule has 2 aromatic rings. The van der Waals surface area contributed by atoms with Gasteiger partial charge in [-0.1, -0.05) is 42.5 Å². The van der Waals surface area contributed by atoms with Crippen molar-refractivity contribution in [1.82, 2.24) is 9.80 Å². The first-order chi connectivity index (χ1) is 13.6. The molecule has 6 heteroatoms. The summed E-state index contributed by atoms with van der Waals surface area (Å²) in [4.78, 5) is 30.9. The van der Waals surface area contributed by atoms with E-state index in [1.54, 1.807) is 6.07 Å². The van der Waals surface area contributed by atoms with Gasteiger partial charge in [-0.15, -0.1) is 0 Å². The molecular weight excluding hydrogens is 354 g/mol. The van der Waals surface area contributed by atoms with Crippen LogP contribution in [0.1, 0.15) is 12.0 Å². The molecule has 1 atom stereocenters. The number of carbonyl (C=O) groups excluding carboxylic acids is 2. The molecule has 0 saturated carbocycles. The summed E-state index contributed by atoms with van der Waals surface area (Å²) >= 11 is 0. The van der Waals surface area contributed by atoms with Crippen LogP contribution in [0.25, 0.3) is 0 Å². The summed E-state index contributed by atoms with van der Waals surface area (Å²) in [5, 5.41) is 10.0. The number of rotatable bonds is 5. The van der Waals surface area contributed by atoms with Crippen molar-refractivity contribution in [3.05, 3.63) is 60.2 Å². The number of likely N-dealkylation sites (tertiary alicyclic amines) is 1. The first-order valence-electron chi connectivity index (χ1n) is 9.78. The van der Waals surface area contributed by atoms with Crippen LogP contribution in [0.2, 0.25) is 0 Å². The minimum absolute atomic E-state index is 0.0723. The Hall–Kier alpha value is -2.86. The zero-order chi connectivity index (χ0) is 19.5. The average molecular weight is 379 g/mol. The molecule has 4 rings (SSSR count). The van der Waals surface area contributed by atoms with E-state index in [0.29, 0.717) is 26.1 Å². The van der Waals surface area contributed by atoms with Gasteiger partial charge in [-0.05, 0) is 24.1 Å². The molecule has 1 unspecified atom stereocenters. The van der Waals surface area contributed by atoms with Crippen LogP contribution in [0.15, 0.2) is 54.6 Å². The van der Waals surface area contributed by atoms with Gasteiger partial charge in [0.05, 0.1) is 18.2 Å². The minimum atomic E-state index is -0.352. The number of nitrogens with zero attached hydrogens (tertiary/aromatic N) is 3. The van der Waals surface area contributed by atoms with Crippen LogP contribution in [0.3, 0.4) is 0 Å². The van der Waals surface area contributed by atoms with E-state index in [0.717, 1.165) is 24.3 Å². The van der Waals surface area contributed by atoms with Crippen molar-refractivity contribution in [2.45, 2.75) is 18.9 Å². The van der Waals surface area contributed by atoms with Gasteiger partial charge in [0.2, 0.25) is 11.8 Å². The molecule has 6 nitrogen and oxygen atoms in total. The van der Waals surface area contributed by atoms with Crippen LogP contribution in [0.4, 0.5) is 5.69 Å². The molecular formula is C22H25N3O3. The van der Waals surface area contributed by atoms with Gasteiger partial charge in [0.15, 0.2) is 0 Å². The lowest BCUT2D eigenvalue weighted by Gasteiger charge is -2.38. The molecule has 0 aromatic heterocycles. The molecule has 2 aliphatic heterocycles. The van der Waals surface area contributed by atoms with E-state index >= 15 is 0 Å². The number of imide groups is 1. The Morgan fingerprint density at radius 3 is 2.29 bits per heavy atom. The topological polar surface area (TPSA) is 64.1 Å². The van der Waals surface area contributed by atoms with E-state index in [4.69, 9.17) is 0 Å². The fraction of sp³-hybridized carbons (Fsp3) is 0.364. The Labute approximate surface area is 165 Å². The van der Waals surface area contributed by atoms with E-state index < -0.39 is 0 Å². The zero-order valence-electron chi connectivity index (χ0n) is 15.8. The third-order valence-corrected chi connectivity index (χ3v) is 5.66. The average Bonchev–Trinajstić information content (AvgIpc) is 3.01. The van der Waals surface area contributed by atoms with Crippen LogP contribution in [-0.2, 0) is 16.0 Å². The molecule has 0 spiro atoms. The Bertz CT molecular complexity index is 847. The summed E-state index contributed by atoms with van der Waals surface area (Å²) in [6.45, 7) is 3.28. The number of carbonyl (C=O) groups is 2. The molecule has 2 aromatic carbocycles. The summed E-state index contributed by atoms with van der Waals surface area (Å²) in [7, 11) is 0. The second-order valence-corrected chi connectivity index (χ2v) is 7.35. The molecule has 2 saturated heterocycles. The van der Waals surface area contributed by atoms with Gasteiger partial charge in [0, 0.05) is 32.7 Å². The van der Waals surface area contributed by atoms with Crippen LogP contribution >= 0.6 is 0 Å². The largest absolute Gasteiger partial charge is 0.506 e. The molecule has 2 amide bonds. The molecule has 2 fully saturated rings. The number of anilines is 1. The zero-order valence-corrected chi connectivity index (χ0v) is 15.8. The molecule has 0 bridgehead atoms. The van der Waals surface area contributed by atoms with Crippen LogP contribution in [-0.4, -0.2) is 65.5 Å².